The molecule has 3 N–H and O–H groups in total. The Balaban J connectivity index is 5.39. The van der Waals surface area contributed by atoms with Crippen LogP contribution in [-0.4, -0.2) is 96.7 Å². The van der Waals surface area contributed by atoms with Crippen LogP contribution >= 0.6 is 15.6 Å². The van der Waals surface area contributed by atoms with E-state index in [2.05, 4.69) is 125 Å². The normalized spacial score (nSPS) is 14.6. The third-order valence-corrected chi connectivity index (χ3v) is 17.7. The fourth-order valence-electron chi connectivity index (χ4n) is 10.0. The second-order valence-electron chi connectivity index (χ2n) is 25.2. The highest BCUT2D eigenvalue weighted by Gasteiger charge is 2.30. The third kappa shape index (κ3) is 70.2. The van der Waals surface area contributed by atoms with Crippen LogP contribution in [0.1, 0.15) is 310 Å². The minimum Gasteiger partial charge on any atom is -0.462 e. The molecule has 5 unspecified atom stereocenters. The molecule has 5 atom stereocenters. The molecule has 0 fully saturated rings. The molecule has 0 aromatic rings. The number of hydrogen-bond acceptors (Lipinski definition) is 15. The maximum atomic E-state index is 13.1. The standard InChI is InChI=1S/C79H136O17P2/c1-5-9-13-17-21-25-29-32-35-36-39-41-45-48-52-56-60-64-77(82)89-69-74(95-78(83)65-61-57-53-49-43-28-24-20-16-12-8-4)71-93-97(85,86)91-67-73(80)68-92-98(87,88)94-72-75(96-79(84)66-62-58-54-50-46-42-38-34-31-27-23-19-15-11-7-3)70-90-76(81)63-59-55-51-47-44-40-37-33-30-26-22-18-14-10-6-2/h9-10,13-14,21-22,25-26,32-33,35,37,39,41,44,47-48,52,73-75,80H,5-8,11-12,15-20,23-24,27-31,34,36,38,40,42-43,45-46,49-51,53-72H2,1-4H3,(H,85,86)(H,87,88)/b13-9-,14-10-,25-21-,26-22-,35-32-,37-33-,41-39-,47-44-,52-48-. The molecule has 19 heteroatoms. The van der Waals surface area contributed by atoms with Crippen LogP contribution in [0.4, 0.5) is 0 Å². The molecule has 0 rings (SSSR count). The third-order valence-electron chi connectivity index (χ3n) is 15.8. The highest BCUT2D eigenvalue weighted by molar-refractivity contribution is 7.47. The molecule has 0 heterocycles. The van der Waals surface area contributed by atoms with Crippen molar-refractivity contribution in [1.82, 2.24) is 0 Å². The summed E-state index contributed by atoms with van der Waals surface area (Å²) in [5.41, 5.74) is 0. The van der Waals surface area contributed by atoms with Gasteiger partial charge in [-0.1, -0.05) is 291 Å². The Kier molecular flexibility index (Phi) is 68.0. The van der Waals surface area contributed by atoms with Crippen LogP contribution in [0.15, 0.2) is 109 Å². The molecule has 0 spiro atoms. The van der Waals surface area contributed by atoms with Crippen LogP contribution in [0.5, 0.6) is 0 Å². The summed E-state index contributed by atoms with van der Waals surface area (Å²) in [4.78, 5) is 72.8. The van der Waals surface area contributed by atoms with Gasteiger partial charge in [-0.25, -0.2) is 9.13 Å². The van der Waals surface area contributed by atoms with Gasteiger partial charge >= 0.3 is 39.5 Å². The molecule has 0 aliphatic carbocycles. The Bertz CT molecular complexity index is 2290. The molecule has 0 saturated carbocycles. The molecule has 564 valence electrons. The van der Waals surface area contributed by atoms with Gasteiger partial charge in [0.15, 0.2) is 12.2 Å². The summed E-state index contributed by atoms with van der Waals surface area (Å²) in [6.45, 7) is 4.55. The number of phosphoric ester groups is 2. The summed E-state index contributed by atoms with van der Waals surface area (Å²) < 4.78 is 68.4. The van der Waals surface area contributed by atoms with Gasteiger partial charge in [0.2, 0.25) is 0 Å². The van der Waals surface area contributed by atoms with Crippen LogP contribution in [0, 0.1) is 0 Å². The van der Waals surface area contributed by atoms with E-state index in [9.17, 15) is 43.2 Å². The Morgan fingerprint density at radius 2 is 0.541 bits per heavy atom. The largest absolute Gasteiger partial charge is 0.472 e. The predicted molar refractivity (Wildman–Crippen MR) is 399 cm³/mol. The number of unbranched alkanes of at least 4 members (excludes halogenated alkanes) is 27. The van der Waals surface area contributed by atoms with E-state index in [4.69, 9.17) is 37.0 Å². The maximum absolute atomic E-state index is 13.1. The van der Waals surface area contributed by atoms with E-state index in [1.54, 1.807) is 0 Å². The van der Waals surface area contributed by atoms with Crippen molar-refractivity contribution < 1.29 is 80.2 Å². The number of hydrogen-bond donors (Lipinski definition) is 3. The smallest absolute Gasteiger partial charge is 0.462 e. The molecule has 17 nitrogen and oxygen atoms in total. The molecular formula is C79H136O17P2. The second-order valence-corrected chi connectivity index (χ2v) is 28.1. The van der Waals surface area contributed by atoms with E-state index in [-0.39, 0.29) is 25.7 Å². The zero-order chi connectivity index (χ0) is 71.8. The second kappa shape index (κ2) is 71.1. The molecule has 0 aromatic carbocycles. The quantitative estimate of drug-likeness (QED) is 0.0169. The van der Waals surface area contributed by atoms with Crippen molar-refractivity contribution in [3.63, 3.8) is 0 Å². The van der Waals surface area contributed by atoms with Crippen LogP contribution in [0.25, 0.3) is 0 Å². The highest BCUT2D eigenvalue weighted by atomic mass is 31.2. The van der Waals surface area contributed by atoms with Crippen molar-refractivity contribution in [3.05, 3.63) is 109 Å². The lowest BCUT2D eigenvalue weighted by Gasteiger charge is -2.21. The molecule has 0 bridgehead atoms. The van der Waals surface area contributed by atoms with Crippen molar-refractivity contribution >= 4 is 39.5 Å². The molecule has 98 heavy (non-hydrogen) atoms. The van der Waals surface area contributed by atoms with Gasteiger partial charge in [0, 0.05) is 25.7 Å². The lowest BCUT2D eigenvalue weighted by molar-refractivity contribution is -0.161. The van der Waals surface area contributed by atoms with Gasteiger partial charge < -0.3 is 33.8 Å². The van der Waals surface area contributed by atoms with Gasteiger partial charge in [0.05, 0.1) is 26.4 Å². The van der Waals surface area contributed by atoms with Crippen LogP contribution < -0.4 is 0 Å². The number of esters is 4. The topological polar surface area (TPSA) is 237 Å². The minimum absolute atomic E-state index is 0.0833. The maximum Gasteiger partial charge on any atom is 0.472 e. The number of carbonyl (C=O) groups excluding carboxylic acids is 4. The Hall–Kier alpha value is -4.28. The van der Waals surface area contributed by atoms with Crippen molar-refractivity contribution in [3.8, 4) is 0 Å². The van der Waals surface area contributed by atoms with Crippen LogP contribution in [-0.2, 0) is 65.4 Å². The number of ether oxygens (including phenoxy) is 4. The first-order valence-corrected chi connectivity index (χ1v) is 41.1. The first kappa shape index (κ1) is 93.7. The first-order valence-electron chi connectivity index (χ1n) is 38.1. The molecule has 0 aromatic heterocycles. The van der Waals surface area contributed by atoms with E-state index in [0.717, 1.165) is 122 Å². The average Bonchev–Trinajstić information content (AvgIpc) is 0.986. The number of aliphatic hydroxyl groups is 1. The van der Waals surface area contributed by atoms with E-state index in [1.807, 2.05) is 12.2 Å². The summed E-state index contributed by atoms with van der Waals surface area (Å²) in [7, 11) is -9.97. The first-order chi connectivity index (χ1) is 47.7. The fraction of sp³-hybridized carbons (Fsp3) is 0.722. The number of aliphatic hydroxyl groups excluding tert-OH is 1. The number of carbonyl (C=O) groups is 4. The molecular weight excluding hydrogens is 1280 g/mol. The number of rotatable bonds is 71. The van der Waals surface area contributed by atoms with Crippen molar-refractivity contribution in [2.24, 2.45) is 0 Å². The van der Waals surface area contributed by atoms with E-state index >= 15 is 0 Å². The van der Waals surface area contributed by atoms with Gasteiger partial charge in [-0.15, -0.1) is 0 Å². The van der Waals surface area contributed by atoms with E-state index in [1.165, 1.54) is 103 Å². The van der Waals surface area contributed by atoms with Crippen LogP contribution in [0.2, 0.25) is 0 Å². The Morgan fingerprint density at radius 3 is 0.857 bits per heavy atom. The summed E-state index contributed by atoms with van der Waals surface area (Å²) in [6, 6.07) is 0. The van der Waals surface area contributed by atoms with E-state index < -0.39 is 97.5 Å². The summed E-state index contributed by atoms with van der Waals surface area (Å²) in [6.07, 6.45) is 75.2. The summed E-state index contributed by atoms with van der Waals surface area (Å²) in [5, 5.41) is 10.6. The minimum atomic E-state index is -4.98. The SMILES string of the molecule is CC/C=C\C/C=C\C/C=C\C/C=C\C/C=C\CCCC(=O)OCC(COP(=O)(O)OCC(O)COP(=O)(O)OCC(COC(=O)CCCC/C=C\C/C=C\C/C=C\C/C=C\CC)OC(=O)CCCCCCCCCCCCCCCCC)OC(=O)CCCCCCCCCCCCC. The zero-order valence-corrected chi connectivity index (χ0v) is 63.2. The van der Waals surface area contributed by atoms with E-state index in [0.29, 0.717) is 32.1 Å². The number of phosphoric acid groups is 2. The fourth-order valence-corrected chi connectivity index (χ4v) is 11.6. The molecule has 0 aliphatic heterocycles. The molecule has 0 aliphatic rings. The average molecular weight is 1420 g/mol. The monoisotopic (exact) mass is 1420 g/mol. The molecule has 0 amide bonds. The van der Waals surface area contributed by atoms with Crippen LogP contribution in [0.3, 0.4) is 0 Å². The Labute approximate surface area is 594 Å². The van der Waals surface area contributed by atoms with Gasteiger partial charge in [-0.3, -0.25) is 37.3 Å². The lowest BCUT2D eigenvalue weighted by atomic mass is 10.0. The van der Waals surface area contributed by atoms with Crippen molar-refractivity contribution in [2.45, 2.75) is 329 Å². The molecule has 0 saturated heterocycles. The summed E-state index contributed by atoms with van der Waals surface area (Å²) >= 11 is 0. The molecule has 0 radical (unpaired) electrons. The van der Waals surface area contributed by atoms with Crippen molar-refractivity contribution in [1.29, 1.82) is 0 Å². The Morgan fingerprint density at radius 1 is 0.296 bits per heavy atom. The van der Waals surface area contributed by atoms with Gasteiger partial charge in [-0.2, -0.15) is 0 Å². The van der Waals surface area contributed by atoms with Gasteiger partial charge in [0.25, 0.3) is 0 Å². The zero-order valence-electron chi connectivity index (χ0n) is 61.4. The lowest BCUT2D eigenvalue weighted by Crippen LogP contribution is -2.30. The number of allylic oxidation sites excluding steroid dienone is 18. The predicted octanol–water partition coefficient (Wildman–Crippen LogP) is 21.8. The van der Waals surface area contributed by atoms with Crippen molar-refractivity contribution in [2.75, 3.05) is 39.6 Å². The van der Waals surface area contributed by atoms with Gasteiger partial charge in [0.1, 0.15) is 19.3 Å². The van der Waals surface area contributed by atoms with Gasteiger partial charge in [-0.05, 0) is 103 Å². The summed E-state index contributed by atoms with van der Waals surface area (Å²) in [5.74, 6) is -2.28. The highest BCUT2D eigenvalue weighted by Crippen LogP contribution is 2.45.